The van der Waals surface area contributed by atoms with Gasteiger partial charge in [0.05, 0.1) is 11.6 Å². The number of rotatable bonds is 4. The standard InChI is InChI=1S/C17H18ClN5O3S2/c1-12-10-16(24)23-17(19-12)27-15(20-23)11-21-6-8-22(9-7-21)28(25,26)14-5-3-2-4-13(14)18/h2-5,10H,6-9,11H2,1H3. The quantitative estimate of drug-likeness (QED) is 0.613. The maximum Gasteiger partial charge on any atom is 0.275 e. The summed E-state index contributed by atoms with van der Waals surface area (Å²) in [6, 6.07) is 7.93. The Morgan fingerprint density at radius 3 is 2.61 bits per heavy atom. The van der Waals surface area contributed by atoms with Gasteiger partial charge in [0.1, 0.15) is 9.90 Å². The molecule has 8 nitrogen and oxygen atoms in total. The summed E-state index contributed by atoms with van der Waals surface area (Å²) >= 11 is 7.44. The Morgan fingerprint density at radius 1 is 1.18 bits per heavy atom. The van der Waals surface area contributed by atoms with Crippen molar-refractivity contribution in [1.29, 1.82) is 0 Å². The van der Waals surface area contributed by atoms with Gasteiger partial charge in [0, 0.05) is 37.9 Å². The number of piperazine rings is 1. The lowest BCUT2D eigenvalue weighted by molar-refractivity contribution is 0.181. The molecule has 3 aromatic rings. The fourth-order valence-corrected chi connectivity index (χ4v) is 6.04. The zero-order chi connectivity index (χ0) is 19.9. The lowest BCUT2D eigenvalue weighted by Gasteiger charge is -2.33. The van der Waals surface area contributed by atoms with Gasteiger partial charge in [-0.25, -0.2) is 13.4 Å². The predicted molar refractivity (Wildman–Crippen MR) is 107 cm³/mol. The minimum absolute atomic E-state index is 0.136. The van der Waals surface area contributed by atoms with E-state index in [4.69, 9.17) is 11.6 Å². The largest absolute Gasteiger partial charge is 0.294 e. The van der Waals surface area contributed by atoms with E-state index in [1.165, 1.54) is 32.3 Å². The monoisotopic (exact) mass is 439 g/mol. The van der Waals surface area contributed by atoms with Crippen molar-refractivity contribution in [2.24, 2.45) is 0 Å². The molecule has 1 aromatic carbocycles. The van der Waals surface area contributed by atoms with Crippen LogP contribution in [0.3, 0.4) is 0 Å². The van der Waals surface area contributed by atoms with Gasteiger partial charge in [-0.05, 0) is 19.1 Å². The molecule has 148 valence electrons. The van der Waals surface area contributed by atoms with Gasteiger partial charge in [-0.2, -0.15) is 13.9 Å². The molecule has 0 amide bonds. The molecule has 11 heteroatoms. The molecular formula is C17H18ClN5O3S2. The Hall–Kier alpha value is -1.85. The minimum Gasteiger partial charge on any atom is -0.294 e. The van der Waals surface area contributed by atoms with Gasteiger partial charge in [-0.1, -0.05) is 35.1 Å². The molecule has 28 heavy (non-hydrogen) atoms. The molecule has 3 heterocycles. The maximum atomic E-state index is 12.8. The van der Waals surface area contributed by atoms with Crippen LogP contribution in [0.5, 0.6) is 0 Å². The number of benzene rings is 1. The first-order chi connectivity index (χ1) is 13.3. The van der Waals surface area contributed by atoms with E-state index in [0.717, 1.165) is 5.01 Å². The highest BCUT2D eigenvalue weighted by Gasteiger charge is 2.30. The first-order valence-corrected chi connectivity index (χ1v) is 11.3. The Labute approximate surface area is 171 Å². The van der Waals surface area contributed by atoms with Gasteiger partial charge in [0.2, 0.25) is 15.0 Å². The Bertz CT molecular complexity index is 1180. The number of aromatic nitrogens is 3. The van der Waals surface area contributed by atoms with E-state index >= 15 is 0 Å². The van der Waals surface area contributed by atoms with E-state index in [1.54, 1.807) is 25.1 Å². The number of halogens is 1. The molecule has 0 N–H and O–H groups in total. The molecule has 1 aliphatic heterocycles. The summed E-state index contributed by atoms with van der Waals surface area (Å²) in [5.41, 5.74) is 0.472. The van der Waals surface area contributed by atoms with Gasteiger partial charge >= 0.3 is 0 Å². The Balaban J connectivity index is 1.45. The lowest BCUT2D eigenvalue weighted by Crippen LogP contribution is -2.48. The van der Waals surface area contributed by atoms with Crippen LogP contribution in [0.15, 0.2) is 40.0 Å². The van der Waals surface area contributed by atoms with E-state index in [2.05, 4.69) is 15.0 Å². The third-order valence-corrected chi connectivity index (χ3v) is 7.85. The van der Waals surface area contributed by atoms with Crippen LogP contribution >= 0.6 is 22.9 Å². The van der Waals surface area contributed by atoms with Crippen molar-refractivity contribution in [2.75, 3.05) is 26.2 Å². The van der Waals surface area contributed by atoms with E-state index < -0.39 is 10.0 Å². The summed E-state index contributed by atoms with van der Waals surface area (Å²) in [6.07, 6.45) is 0. The molecule has 4 rings (SSSR count). The highest BCUT2D eigenvalue weighted by atomic mass is 35.5. The topological polar surface area (TPSA) is 87.9 Å². The molecule has 1 aliphatic rings. The van der Waals surface area contributed by atoms with Gasteiger partial charge in [0.25, 0.3) is 5.56 Å². The van der Waals surface area contributed by atoms with Crippen LogP contribution in [-0.2, 0) is 16.6 Å². The van der Waals surface area contributed by atoms with Crippen LogP contribution in [-0.4, -0.2) is 58.4 Å². The Kier molecular flexibility index (Phi) is 5.23. The second kappa shape index (κ2) is 7.53. The normalized spacial score (nSPS) is 16.6. The fourth-order valence-electron chi connectivity index (χ4n) is 3.14. The number of sulfonamides is 1. The zero-order valence-electron chi connectivity index (χ0n) is 15.1. The summed E-state index contributed by atoms with van der Waals surface area (Å²) in [7, 11) is -3.61. The van der Waals surface area contributed by atoms with E-state index in [-0.39, 0.29) is 15.5 Å². The fraction of sp³-hybridized carbons (Fsp3) is 0.353. The molecule has 0 spiro atoms. The minimum atomic E-state index is -3.61. The van der Waals surface area contributed by atoms with Crippen molar-refractivity contribution in [3.8, 4) is 0 Å². The van der Waals surface area contributed by atoms with Crippen LogP contribution in [0.25, 0.3) is 4.96 Å². The van der Waals surface area contributed by atoms with Crippen LogP contribution in [0.2, 0.25) is 5.02 Å². The average Bonchev–Trinajstić information content (AvgIpc) is 3.05. The highest BCUT2D eigenvalue weighted by molar-refractivity contribution is 7.89. The van der Waals surface area contributed by atoms with Crippen molar-refractivity contribution in [3.63, 3.8) is 0 Å². The zero-order valence-corrected chi connectivity index (χ0v) is 17.5. The molecule has 1 saturated heterocycles. The van der Waals surface area contributed by atoms with Gasteiger partial charge < -0.3 is 0 Å². The van der Waals surface area contributed by atoms with E-state index in [0.29, 0.717) is 43.4 Å². The third-order valence-electron chi connectivity index (χ3n) is 4.56. The molecule has 0 saturated carbocycles. The van der Waals surface area contributed by atoms with Crippen molar-refractivity contribution in [2.45, 2.75) is 18.4 Å². The predicted octanol–water partition coefficient (Wildman–Crippen LogP) is 1.62. The van der Waals surface area contributed by atoms with Crippen LogP contribution in [0.1, 0.15) is 10.7 Å². The molecule has 0 aliphatic carbocycles. The van der Waals surface area contributed by atoms with Crippen LogP contribution < -0.4 is 5.56 Å². The van der Waals surface area contributed by atoms with E-state index in [1.807, 2.05) is 0 Å². The molecule has 1 fully saturated rings. The van der Waals surface area contributed by atoms with Gasteiger partial charge in [0.15, 0.2) is 0 Å². The Morgan fingerprint density at radius 2 is 1.89 bits per heavy atom. The molecule has 0 radical (unpaired) electrons. The summed E-state index contributed by atoms with van der Waals surface area (Å²) in [5.74, 6) is 0. The summed E-state index contributed by atoms with van der Waals surface area (Å²) in [6.45, 7) is 4.21. The van der Waals surface area contributed by atoms with Crippen LogP contribution in [0, 0.1) is 6.92 Å². The smallest absolute Gasteiger partial charge is 0.275 e. The van der Waals surface area contributed by atoms with Gasteiger partial charge in [-0.15, -0.1) is 0 Å². The molecule has 0 bridgehead atoms. The van der Waals surface area contributed by atoms with Crippen LogP contribution in [0.4, 0.5) is 0 Å². The summed E-state index contributed by atoms with van der Waals surface area (Å²) in [5, 5.41) is 5.35. The molecule has 0 unspecified atom stereocenters. The molecule has 0 atom stereocenters. The second-order valence-electron chi connectivity index (χ2n) is 6.54. The lowest BCUT2D eigenvalue weighted by atomic mass is 10.3. The number of aryl methyl sites for hydroxylation is 1. The van der Waals surface area contributed by atoms with Crippen molar-refractivity contribution < 1.29 is 8.42 Å². The molecular weight excluding hydrogens is 422 g/mol. The second-order valence-corrected chi connectivity index (χ2v) is 9.89. The number of nitrogens with zero attached hydrogens (tertiary/aromatic N) is 5. The first kappa shape index (κ1) is 19.5. The molecule has 2 aromatic heterocycles. The first-order valence-electron chi connectivity index (χ1n) is 8.68. The van der Waals surface area contributed by atoms with Crippen molar-refractivity contribution >= 4 is 37.9 Å². The van der Waals surface area contributed by atoms with Crippen molar-refractivity contribution in [3.05, 3.63) is 56.4 Å². The number of hydrogen-bond donors (Lipinski definition) is 0. The maximum absolute atomic E-state index is 12.8. The van der Waals surface area contributed by atoms with Crippen molar-refractivity contribution in [1.82, 2.24) is 23.8 Å². The SMILES string of the molecule is Cc1cc(=O)n2nc(CN3CCN(S(=O)(=O)c4ccccc4Cl)CC3)sc2n1. The number of fused-ring (bicyclic) bond motifs is 1. The summed E-state index contributed by atoms with van der Waals surface area (Å²) < 4.78 is 28.4. The van der Waals surface area contributed by atoms with E-state index in [9.17, 15) is 13.2 Å². The number of hydrogen-bond acceptors (Lipinski definition) is 7. The highest BCUT2D eigenvalue weighted by Crippen LogP contribution is 2.25. The summed E-state index contributed by atoms with van der Waals surface area (Å²) in [4.78, 5) is 19.2. The van der Waals surface area contributed by atoms with Gasteiger partial charge in [-0.3, -0.25) is 9.69 Å². The average molecular weight is 440 g/mol. The third kappa shape index (κ3) is 3.70.